The third-order valence-corrected chi connectivity index (χ3v) is 3.71. The Labute approximate surface area is 106 Å². The van der Waals surface area contributed by atoms with Crippen LogP contribution in [0.25, 0.3) is 0 Å². The summed E-state index contributed by atoms with van der Waals surface area (Å²) in [5.74, 6) is 0.715. The molecule has 90 valence electrons. The molecule has 3 nitrogen and oxygen atoms in total. The van der Waals surface area contributed by atoms with E-state index in [1.54, 1.807) is 0 Å². The van der Waals surface area contributed by atoms with Gasteiger partial charge in [0.25, 0.3) is 5.91 Å². The number of carbonyl (C=O) groups excluding carboxylic acids is 1. The quantitative estimate of drug-likeness (QED) is 0.865. The monoisotopic (exact) mass is 260 g/mol. The van der Waals surface area contributed by atoms with E-state index < -0.39 is 0 Å². The number of aryl methyl sites for hydroxylation is 1. The highest BCUT2D eigenvalue weighted by atomic mass is 35.5. The number of thiophene rings is 1. The summed E-state index contributed by atoms with van der Waals surface area (Å²) in [6.07, 6.45) is 0.928. The summed E-state index contributed by atoms with van der Waals surface area (Å²) in [4.78, 5) is 12.7. The summed E-state index contributed by atoms with van der Waals surface area (Å²) in [5, 5.41) is 8.17. The van der Waals surface area contributed by atoms with E-state index in [-0.39, 0.29) is 18.3 Å². The maximum absolute atomic E-state index is 11.8. The summed E-state index contributed by atoms with van der Waals surface area (Å²) in [6, 6.07) is 2.03. The van der Waals surface area contributed by atoms with Gasteiger partial charge in [0.2, 0.25) is 0 Å². The predicted molar refractivity (Wildman–Crippen MR) is 69.6 cm³/mol. The standard InChI is InChI=1S/C11H16N2OS.ClH/c1-2-9-3-4-15-10(9)11(14)13-7-8-5-12-6-8;/h3-4,8,12H,2,5-7H2,1H3,(H,13,14);1H. The second kappa shape index (κ2) is 6.23. The van der Waals surface area contributed by atoms with Gasteiger partial charge in [0.15, 0.2) is 0 Å². The second-order valence-corrected chi connectivity index (χ2v) is 4.78. The zero-order chi connectivity index (χ0) is 10.7. The molecule has 2 rings (SSSR count). The van der Waals surface area contributed by atoms with E-state index in [1.807, 2.05) is 11.4 Å². The predicted octanol–water partition coefficient (Wildman–Crippen LogP) is 1.68. The number of halogens is 1. The van der Waals surface area contributed by atoms with E-state index in [1.165, 1.54) is 11.3 Å². The van der Waals surface area contributed by atoms with Crippen LogP contribution in [0.5, 0.6) is 0 Å². The smallest absolute Gasteiger partial charge is 0.261 e. The van der Waals surface area contributed by atoms with Crippen molar-refractivity contribution in [3.05, 3.63) is 21.9 Å². The molecule has 1 aromatic heterocycles. The number of amides is 1. The van der Waals surface area contributed by atoms with E-state index in [2.05, 4.69) is 17.6 Å². The van der Waals surface area contributed by atoms with E-state index in [0.717, 1.165) is 36.5 Å². The fourth-order valence-corrected chi connectivity index (χ4v) is 2.53. The van der Waals surface area contributed by atoms with Crippen molar-refractivity contribution in [1.82, 2.24) is 10.6 Å². The molecule has 1 aromatic rings. The molecular weight excluding hydrogens is 244 g/mol. The molecular formula is C11H17ClN2OS. The maximum Gasteiger partial charge on any atom is 0.261 e. The summed E-state index contributed by atoms with van der Waals surface area (Å²) < 4.78 is 0. The fraction of sp³-hybridized carbons (Fsp3) is 0.545. The molecule has 1 fully saturated rings. The molecule has 0 aromatic carbocycles. The molecule has 16 heavy (non-hydrogen) atoms. The number of hydrogen-bond acceptors (Lipinski definition) is 3. The zero-order valence-electron chi connectivity index (χ0n) is 9.29. The lowest BCUT2D eigenvalue weighted by Gasteiger charge is -2.27. The van der Waals surface area contributed by atoms with Crippen LogP contribution in [0.15, 0.2) is 11.4 Å². The molecule has 0 atom stereocenters. The summed E-state index contributed by atoms with van der Waals surface area (Å²) >= 11 is 1.53. The van der Waals surface area contributed by atoms with Crippen molar-refractivity contribution in [3.8, 4) is 0 Å². The highest BCUT2D eigenvalue weighted by Crippen LogP contribution is 2.17. The third kappa shape index (κ3) is 2.97. The van der Waals surface area contributed by atoms with Gasteiger partial charge in [0, 0.05) is 25.6 Å². The van der Waals surface area contributed by atoms with Gasteiger partial charge in [-0.05, 0) is 23.4 Å². The van der Waals surface area contributed by atoms with Crippen molar-refractivity contribution in [1.29, 1.82) is 0 Å². The van der Waals surface area contributed by atoms with Gasteiger partial charge in [0.1, 0.15) is 0 Å². The van der Waals surface area contributed by atoms with Gasteiger partial charge in [-0.3, -0.25) is 4.79 Å². The molecule has 0 spiro atoms. The first-order chi connectivity index (χ1) is 7.31. The van der Waals surface area contributed by atoms with Crippen molar-refractivity contribution in [3.63, 3.8) is 0 Å². The van der Waals surface area contributed by atoms with Crippen molar-refractivity contribution < 1.29 is 4.79 Å². The van der Waals surface area contributed by atoms with Gasteiger partial charge in [-0.15, -0.1) is 23.7 Å². The van der Waals surface area contributed by atoms with Gasteiger partial charge in [0.05, 0.1) is 4.88 Å². The lowest BCUT2D eigenvalue weighted by molar-refractivity contribution is 0.0945. The van der Waals surface area contributed by atoms with Gasteiger partial charge in [-0.2, -0.15) is 0 Å². The van der Waals surface area contributed by atoms with Crippen molar-refractivity contribution in [2.75, 3.05) is 19.6 Å². The van der Waals surface area contributed by atoms with E-state index in [4.69, 9.17) is 0 Å². The van der Waals surface area contributed by atoms with Gasteiger partial charge < -0.3 is 10.6 Å². The molecule has 0 bridgehead atoms. The van der Waals surface area contributed by atoms with Crippen LogP contribution in [0.4, 0.5) is 0 Å². The molecule has 1 aliphatic rings. The molecule has 2 heterocycles. The molecule has 1 saturated heterocycles. The number of rotatable bonds is 4. The van der Waals surface area contributed by atoms with Crippen molar-refractivity contribution in [2.45, 2.75) is 13.3 Å². The molecule has 0 saturated carbocycles. The largest absolute Gasteiger partial charge is 0.351 e. The van der Waals surface area contributed by atoms with Crippen molar-refractivity contribution in [2.24, 2.45) is 5.92 Å². The first-order valence-corrected chi connectivity index (χ1v) is 6.24. The lowest BCUT2D eigenvalue weighted by atomic mass is 10.0. The van der Waals surface area contributed by atoms with Gasteiger partial charge in [-0.25, -0.2) is 0 Å². The Hall–Kier alpha value is -0.580. The van der Waals surface area contributed by atoms with E-state index >= 15 is 0 Å². The van der Waals surface area contributed by atoms with Gasteiger partial charge >= 0.3 is 0 Å². The van der Waals surface area contributed by atoms with Crippen LogP contribution in [0.1, 0.15) is 22.2 Å². The molecule has 0 unspecified atom stereocenters. The average molecular weight is 261 g/mol. The molecule has 2 N–H and O–H groups in total. The molecule has 1 amide bonds. The van der Waals surface area contributed by atoms with E-state index in [0.29, 0.717) is 5.92 Å². The Balaban J connectivity index is 0.00000128. The minimum Gasteiger partial charge on any atom is -0.351 e. The Morgan fingerprint density at radius 2 is 2.38 bits per heavy atom. The summed E-state index contributed by atoms with van der Waals surface area (Å²) in [5.41, 5.74) is 1.16. The van der Waals surface area contributed by atoms with E-state index in [9.17, 15) is 4.79 Å². The van der Waals surface area contributed by atoms with Crippen molar-refractivity contribution >= 4 is 29.7 Å². The topological polar surface area (TPSA) is 41.1 Å². The Morgan fingerprint density at radius 1 is 1.62 bits per heavy atom. The number of carbonyl (C=O) groups is 1. The van der Waals surface area contributed by atoms with Crippen LogP contribution in [0.2, 0.25) is 0 Å². The lowest BCUT2D eigenvalue weighted by Crippen LogP contribution is -2.48. The zero-order valence-corrected chi connectivity index (χ0v) is 10.9. The molecule has 0 aliphatic carbocycles. The number of nitrogens with one attached hydrogen (secondary N) is 2. The normalized spacial score (nSPS) is 15.1. The van der Waals surface area contributed by atoms with Crippen LogP contribution >= 0.6 is 23.7 Å². The minimum atomic E-state index is 0. The summed E-state index contributed by atoms with van der Waals surface area (Å²) in [6.45, 7) is 4.94. The SMILES string of the molecule is CCc1ccsc1C(=O)NCC1CNC1.Cl. The fourth-order valence-electron chi connectivity index (χ4n) is 1.62. The van der Waals surface area contributed by atoms with Crippen LogP contribution in [-0.4, -0.2) is 25.5 Å². The highest BCUT2D eigenvalue weighted by Gasteiger charge is 2.18. The molecule has 0 radical (unpaired) electrons. The molecule has 1 aliphatic heterocycles. The average Bonchev–Trinajstić information content (AvgIpc) is 2.62. The van der Waals surface area contributed by atoms with Crippen LogP contribution in [-0.2, 0) is 6.42 Å². The minimum absolute atomic E-state index is 0. The Morgan fingerprint density at radius 3 is 2.94 bits per heavy atom. The molecule has 5 heteroatoms. The first-order valence-electron chi connectivity index (χ1n) is 5.36. The Bertz CT molecular complexity index is 350. The van der Waals surface area contributed by atoms with Crippen LogP contribution in [0.3, 0.4) is 0 Å². The maximum atomic E-state index is 11.8. The van der Waals surface area contributed by atoms with Gasteiger partial charge in [-0.1, -0.05) is 6.92 Å². The summed E-state index contributed by atoms with van der Waals surface area (Å²) in [7, 11) is 0. The highest BCUT2D eigenvalue weighted by molar-refractivity contribution is 7.12. The second-order valence-electron chi connectivity index (χ2n) is 3.86. The first kappa shape index (κ1) is 13.5. The van der Waals surface area contributed by atoms with Crippen LogP contribution in [0, 0.1) is 5.92 Å². The van der Waals surface area contributed by atoms with Crippen LogP contribution < -0.4 is 10.6 Å². The Kier molecular flexibility index (Phi) is 5.25. The number of hydrogen-bond donors (Lipinski definition) is 2. The third-order valence-electron chi connectivity index (χ3n) is 2.75.